The third kappa shape index (κ3) is 3.05. The molecule has 110 valence electrons. The second kappa shape index (κ2) is 5.82. The van der Waals surface area contributed by atoms with Gasteiger partial charge in [0, 0.05) is 18.7 Å². The second-order valence-electron chi connectivity index (χ2n) is 4.90. The zero-order valence-electron chi connectivity index (χ0n) is 11.6. The van der Waals surface area contributed by atoms with Crippen LogP contribution in [-0.4, -0.2) is 13.2 Å². The monoisotopic (exact) mass is 307 g/mol. The van der Waals surface area contributed by atoms with Crippen LogP contribution in [0.3, 0.4) is 0 Å². The summed E-state index contributed by atoms with van der Waals surface area (Å²) in [4.78, 5) is 0. The number of nitrogens with one attached hydrogen (secondary N) is 1. The number of halogens is 2. The lowest BCUT2D eigenvalue weighted by atomic mass is 10.1. The summed E-state index contributed by atoms with van der Waals surface area (Å²) in [5.41, 5.74) is 2.68. The van der Waals surface area contributed by atoms with Crippen molar-refractivity contribution in [3.05, 3.63) is 52.3 Å². The molecule has 0 fully saturated rings. The van der Waals surface area contributed by atoms with Gasteiger partial charge in [-0.05, 0) is 30.2 Å². The van der Waals surface area contributed by atoms with Crippen molar-refractivity contribution >= 4 is 17.3 Å². The fourth-order valence-electron chi connectivity index (χ4n) is 2.25. The van der Waals surface area contributed by atoms with Crippen molar-refractivity contribution in [2.45, 2.75) is 13.5 Å². The Morgan fingerprint density at radius 1 is 1.14 bits per heavy atom. The molecular weight excluding hydrogens is 293 g/mol. The summed E-state index contributed by atoms with van der Waals surface area (Å²) in [6, 6.07) is 8.31. The van der Waals surface area contributed by atoms with Crippen LogP contribution >= 0.6 is 11.6 Å². The predicted molar refractivity (Wildman–Crippen MR) is 80.9 cm³/mol. The highest BCUT2D eigenvalue weighted by Gasteiger charge is 2.15. The van der Waals surface area contributed by atoms with Gasteiger partial charge in [0.15, 0.2) is 11.5 Å². The predicted octanol–water partition coefficient (Wildman–Crippen LogP) is 4.17. The Kier molecular flexibility index (Phi) is 3.88. The number of hydrogen-bond acceptors (Lipinski definition) is 3. The van der Waals surface area contributed by atoms with Gasteiger partial charge in [0.1, 0.15) is 19.0 Å². The molecule has 0 unspecified atom stereocenters. The Hall–Kier alpha value is -1.94. The highest BCUT2D eigenvalue weighted by molar-refractivity contribution is 6.33. The first kappa shape index (κ1) is 14.0. The van der Waals surface area contributed by atoms with Gasteiger partial charge in [0.25, 0.3) is 0 Å². The van der Waals surface area contributed by atoms with Crippen molar-refractivity contribution in [3.63, 3.8) is 0 Å². The van der Waals surface area contributed by atoms with Gasteiger partial charge in [0.2, 0.25) is 0 Å². The highest BCUT2D eigenvalue weighted by Crippen LogP contribution is 2.38. The molecule has 0 amide bonds. The first-order valence-electron chi connectivity index (χ1n) is 6.71. The minimum Gasteiger partial charge on any atom is -0.486 e. The average molecular weight is 308 g/mol. The molecule has 0 aromatic heterocycles. The van der Waals surface area contributed by atoms with E-state index in [9.17, 15) is 4.39 Å². The van der Waals surface area contributed by atoms with Gasteiger partial charge < -0.3 is 14.8 Å². The molecule has 0 aliphatic carbocycles. The first-order valence-corrected chi connectivity index (χ1v) is 7.09. The Labute approximate surface area is 127 Å². The van der Waals surface area contributed by atoms with Crippen LogP contribution in [0.2, 0.25) is 5.02 Å². The summed E-state index contributed by atoms with van der Waals surface area (Å²) in [6.45, 7) is 3.51. The van der Waals surface area contributed by atoms with E-state index in [1.807, 2.05) is 13.0 Å². The van der Waals surface area contributed by atoms with Crippen LogP contribution in [0.25, 0.3) is 0 Å². The molecular formula is C16H15ClFNO2. The van der Waals surface area contributed by atoms with Crippen LogP contribution in [0.5, 0.6) is 11.5 Å². The van der Waals surface area contributed by atoms with Gasteiger partial charge in [-0.3, -0.25) is 0 Å². The molecule has 0 atom stereocenters. The third-order valence-electron chi connectivity index (χ3n) is 3.41. The number of benzene rings is 2. The van der Waals surface area contributed by atoms with Crippen molar-refractivity contribution in [1.29, 1.82) is 0 Å². The fourth-order valence-corrected chi connectivity index (χ4v) is 2.47. The highest BCUT2D eigenvalue weighted by atomic mass is 35.5. The van der Waals surface area contributed by atoms with Crippen molar-refractivity contribution in [2.75, 3.05) is 18.5 Å². The molecule has 1 heterocycles. The van der Waals surface area contributed by atoms with E-state index in [1.165, 1.54) is 12.1 Å². The van der Waals surface area contributed by atoms with Crippen molar-refractivity contribution < 1.29 is 13.9 Å². The van der Waals surface area contributed by atoms with Gasteiger partial charge in [-0.25, -0.2) is 4.39 Å². The van der Waals surface area contributed by atoms with Gasteiger partial charge in [0.05, 0.1) is 10.7 Å². The molecule has 3 rings (SSSR count). The van der Waals surface area contributed by atoms with Crippen LogP contribution in [0, 0.1) is 12.7 Å². The summed E-state index contributed by atoms with van der Waals surface area (Å²) < 4.78 is 24.1. The van der Waals surface area contributed by atoms with Gasteiger partial charge in [-0.15, -0.1) is 0 Å². The number of aryl methyl sites for hydroxylation is 1. The topological polar surface area (TPSA) is 30.5 Å². The zero-order chi connectivity index (χ0) is 14.8. The number of fused-ring (bicyclic) bond motifs is 1. The smallest absolute Gasteiger partial charge is 0.163 e. The standard InChI is InChI=1S/C16H15ClFNO2/c1-10-6-12(18)3-2-11(10)9-19-14-8-16-15(7-13(14)17)20-4-5-21-16/h2-3,6-8,19H,4-5,9H2,1H3. The third-order valence-corrected chi connectivity index (χ3v) is 3.72. The van der Waals surface area contributed by atoms with Crippen LogP contribution < -0.4 is 14.8 Å². The summed E-state index contributed by atoms with van der Waals surface area (Å²) >= 11 is 6.23. The first-order chi connectivity index (χ1) is 10.1. The molecule has 1 aliphatic rings. The largest absolute Gasteiger partial charge is 0.486 e. The summed E-state index contributed by atoms with van der Waals surface area (Å²) in [5.74, 6) is 1.12. The maximum absolute atomic E-state index is 13.1. The number of hydrogen-bond donors (Lipinski definition) is 1. The van der Waals surface area contributed by atoms with Gasteiger partial charge >= 0.3 is 0 Å². The molecule has 0 radical (unpaired) electrons. The second-order valence-corrected chi connectivity index (χ2v) is 5.31. The average Bonchev–Trinajstić information content (AvgIpc) is 2.46. The Balaban J connectivity index is 1.78. The quantitative estimate of drug-likeness (QED) is 0.923. The van der Waals surface area contributed by atoms with Crippen molar-refractivity contribution in [2.24, 2.45) is 0 Å². The summed E-state index contributed by atoms with van der Waals surface area (Å²) in [5, 5.41) is 3.82. The van der Waals surface area contributed by atoms with E-state index in [0.717, 1.165) is 16.8 Å². The molecule has 1 aliphatic heterocycles. The van der Waals surface area contributed by atoms with E-state index in [-0.39, 0.29) is 5.82 Å². The molecule has 2 aromatic carbocycles. The maximum atomic E-state index is 13.1. The molecule has 1 N–H and O–H groups in total. The molecule has 0 saturated heterocycles. The molecule has 0 spiro atoms. The molecule has 0 bridgehead atoms. The minimum atomic E-state index is -0.228. The van der Waals surface area contributed by atoms with Crippen LogP contribution in [0.4, 0.5) is 10.1 Å². The van der Waals surface area contributed by atoms with E-state index < -0.39 is 0 Å². The van der Waals surface area contributed by atoms with E-state index in [4.69, 9.17) is 21.1 Å². The molecule has 5 heteroatoms. The maximum Gasteiger partial charge on any atom is 0.163 e. The summed E-state index contributed by atoms with van der Waals surface area (Å²) in [6.07, 6.45) is 0. The van der Waals surface area contributed by atoms with E-state index in [2.05, 4.69) is 5.32 Å². The number of rotatable bonds is 3. The Bertz CT molecular complexity index is 676. The van der Waals surface area contributed by atoms with Gasteiger partial charge in [-0.2, -0.15) is 0 Å². The number of anilines is 1. The van der Waals surface area contributed by atoms with E-state index >= 15 is 0 Å². The molecule has 2 aromatic rings. The summed E-state index contributed by atoms with van der Waals surface area (Å²) in [7, 11) is 0. The van der Waals surface area contributed by atoms with Crippen LogP contribution in [0.15, 0.2) is 30.3 Å². The molecule has 21 heavy (non-hydrogen) atoms. The Morgan fingerprint density at radius 2 is 1.86 bits per heavy atom. The number of ether oxygens (including phenoxy) is 2. The van der Waals surface area contributed by atoms with E-state index in [1.54, 1.807) is 12.1 Å². The lowest BCUT2D eigenvalue weighted by Gasteiger charge is -2.20. The molecule has 3 nitrogen and oxygen atoms in total. The normalized spacial score (nSPS) is 13.1. The Morgan fingerprint density at radius 3 is 2.57 bits per heavy atom. The lowest BCUT2D eigenvalue weighted by molar-refractivity contribution is 0.171. The zero-order valence-corrected chi connectivity index (χ0v) is 12.3. The van der Waals surface area contributed by atoms with Crippen LogP contribution in [0.1, 0.15) is 11.1 Å². The van der Waals surface area contributed by atoms with E-state index in [0.29, 0.717) is 36.3 Å². The minimum absolute atomic E-state index is 0.228. The van der Waals surface area contributed by atoms with Crippen molar-refractivity contribution in [1.82, 2.24) is 0 Å². The lowest BCUT2D eigenvalue weighted by Crippen LogP contribution is -2.15. The molecule has 0 saturated carbocycles. The van der Waals surface area contributed by atoms with Crippen LogP contribution in [-0.2, 0) is 6.54 Å². The van der Waals surface area contributed by atoms with Crippen molar-refractivity contribution in [3.8, 4) is 11.5 Å². The fraction of sp³-hybridized carbons (Fsp3) is 0.250. The SMILES string of the molecule is Cc1cc(F)ccc1CNc1cc2c(cc1Cl)OCCO2. The van der Waals surface area contributed by atoms with Gasteiger partial charge in [-0.1, -0.05) is 17.7 Å².